The fourth-order valence-electron chi connectivity index (χ4n) is 2.98. The van der Waals surface area contributed by atoms with Crippen molar-refractivity contribution in [2.75, 3.05) is 11.9 Å². The number of nitrogens with zero attached hydrogens (tertiary/aromatic N) is 1. The first kappa shape index (κ1) is 22.6. The highest BCUT2D eigenvalue weighted by Gasteiger charge is 2.28. The molecule has 0 saturated heterocycles. The Hall–Kier alpha value is -3.10. The van der Waals surface area contributed by atoms with Crippen LogP contribution in [-0.4, -0.2) is 25.2 Å². The van der Waals surface area contributed by atoms with E-state index in [1.54, 1.807) is 25.1 Å². The number of carbonyl (C=O) groups excluding carboxylic acids is 1. The molecule has 0 aliphatic rings. The van der Waals surface area contributed by atoms with Gasteiger partial charge in [-0.2, -0.15) is 4.31 Å². The topological polar surface area (TPSA) is 66.5 Å². The summed E-state index contributed by atoms with van der Waals surface area (Å²) < 4.78 is 55.1. The van der Waals surface area contributed by atoms with Crippen molar-refractivity contribution in [1.82, 2.24) is 4.31 Å². The van der Waals surface area contributed by atoms with Crippen LogP contribution in [0, 0.1) is 25.5 Å². The fourth-order valence-corrected chi connectivity index (χ4v) is 4.36. The molecule has 0 fully saturated rings. The van der Waals surface area contributed by atoms with E-state index in [1.165, 1.54) is 42.5 Å². The first-order chi connectivity index (χ1) is 14.7. The second-order valence-electron chi connectivity index (χ2n) is 7.18. The maximum Gasteiger partial charge on any atom is 0.243 e. The number of hydrogen-bond acceptors (Lipinski definition) is 3. The summed E-state index contributed by atoms with van der Waals surface area (Å²) in [6, 6.07) is 15.9. The molecule has 162 valence electrons. The minimum Gasteiger partial charge on any atom is -0.325 e. The molecule has 1 N–H and O–H groups in total. The Bertz CT molecular complexity index is 1200. The summed E-state index contributed by atoms with van der Waals surface area (Å²) >= 11 is 0. The highest BCUT2D eigenvalue weighted by Crippen LogP contribution is 2.21. The van der Waals surface area contributed by atoms with Crippen molar-refractivity contribution < 1.29 is 22.0 Å². The van der Waals surface area contributed by atoms with Gasteiger partial charge in [-0.05, 0) is 49.7 Å². The van der Waals surface area contributed by atoms with Crippen LogP contribution in [0.5, 0.6) is 0 Å². The number of aryl methyl sites for hydroxylation is 2. The highest BCUT2D eigenvalue weighted by molar-refractivity contribution is 7.89. The van der Waals surface area contributed by atoms with Gasteiger partial charge in [0, 0.05) is 17.8 Å². The van der Waals surface area contributed by atoms with Gasteiger partial charge < -0.3 is 5.32 Å². The normalized spacial score (nSPS) is 11.5. The van der Waals surface area contributed by atoms with Crippen LogP contribution in [0.25, 0.3) is 0 Å². The van der Waals surface area contributed by atoms with Crippen molar-refractivity contribution >= 4 is 21.6 Å². The standard InChI is InChI=1S/C23H22F2N2O3S/c1-16-7-11-20(12-8-16)31(29,30)27(14-18-5-3-4-6-21(18)25)15-23(28)26-22-13-19(24)10-9-17(22)2/h3-13H,14-15H2,1-2H3,(H,26,28). The summed E-state index contributed by atoms with van der Waals surface area (Å²) in [7, 11) is -4.11. The lowest BCUT2D eigenvalue weighted by atomic mass is 10.2. The molecule has 3 rings (SSSR count). The van der Waals surface area contributed by atoms with Crippen molar-refractivity contribution in [3.8, 4) is 0 Å². The largest absolute Gasteiger partial charge is 0.325 e. The lowest BCUT2D eigenvalue weighted by Gasteiger charge is -2.22. The van der Waals surface area contributed by atoms with Gasteiger partial charge >= 0.3 is 0 Å². The van der Waals surface area contributed by atoms with Crippen LogP contribution >= 0.6 is 0 Å². The van der Waals surface area contributed by atoms with Crippen molar-refractivity contribution in [3.63, 3.8) is 0 Å². The number of carbonyl (C=O) groups is 1. The summed E-state index contributed by atoms with van der Waals surface area (Å²) in [5.74, 6) is -1.77. The second kappa shape index (κ2) is 9.36. The van der Waals surface area contributed by atoms with Gasteiger partial charge in [0.25, 0.3) is 0 Å². The molecule has 0 aliphatic heterocycles. The Kier molecular flexibility index (Phi) is 6.82. The first-order valence-corrected chi connectivity index (χ1v) is 11.0. The zero-order valence-electron chi connectivity index (χ0n) is 17.1. The van der Waals surface area contributed by atoms with E-state index in [-0.39, 0.29) is 22.7 Å². The minimum atomic E-state index is -4.11. The van der Waals surface area contributed by atoms with Crippen molar-refractivity contribution in [2.24, 2.45) is 0 Å². The average Bonchev–Trinajstić information content (AvgIpc) is 2.72. The molecule has 1 amide bonds. The predicted octanol–water partition coefficient (Wildman–Crippen LogP) is 4.41. The third-order valence-electron chi connectivity index (χ3n) is 4.76. The minimum absolute atomic E-state index is 0.0100. The average molecular weight is 445 g/mol. The number of sulfonamides is 1. The number of benzene rings is 3. The SMILES string of the molecule is Cc1ccc(S(=O)(=O)N(CC(=O)Nc2cc(F)ccc2C)Cc2ccccc2F)cc1. The van der Waals surface area contributed by atoms with Gasteiger partial charge in [-0.25, -0.2) is 17.2 Å². The van der Waals surface area contributed by atoms with E-state index < -0.39 is 34.1 Å². The molecule has 0 unspecified atom stereocenters. The molecule has 8 heteroatoms. The summed E-state index contributed by atoms with van der Waals surface area (Å²) in [5, 5.41) is 2.54. The maximum absolute atomic E-state index is 14.2. The predicted molar refractivity (Wildman–Crippen MR) is 115 cm³/mol. The zero-order chi connectivity index (χ0) is 22.6. The molecular formula is C23H22F2N2O3S. The lowest BCUT2D eigenvalue weighted by molar-refractivity contribution is -0.116. The molecule has 0 aromatic heterocycles. The van der Waals surface area contributed by atoms with E-state index in [0.717, 1.165) is 15.9 Å². The Morgan fingerprint density at radius 2 is 1.65 bits per heavy atom. The van der Waals surface area contributed by atoms with E-state index in [1.807, 2.05) is 6.92 Å². The van der Waals surface area contributed by atoms with Gasteiger partial charge in [-0.1, -0.05) is 42.0 Å². The number of hydrogen-bond donors (Lipinski definition) is 1. The number of rotatable bonds is 7. The third kappa shape index (κ3) is 5.53. The smallest absolute Gasteiger partial charge is 0.243 e. The number of anilines is 1. The van der Waals surface area contributed by atoms with Crippen LogP contribution < -0.4 is 5.32 Å². The molecule has 0 radical (unpaired) electrons. The monoisotopic (exact) mass is 444 g/mol. The fraction of sp³-hybridized carbons (Fsp3) is 0.174. The zero-order valence-corrected chi connectivity index (χ0v) is 17.9. The van der Waals surface area contributed by atoms with Crippen LogP contribution in [0.4, 0.5) is 14.5 Å². The maximum atomic E-state index is 14.2. The van der Waals surface area contributed by atoms with Crippen LogP contribution in [0.2, 0.25) is 0 Å². The Morgan fingerprint density at radius 3 is 2.32 bits per heavy atom. The van der Waals surface area contributed by atoms with E-state index >= 15 is 0 Å². The summed E-state index contributed by atoms with van der Waals surface area (Å²) in [6.07, 6.45) is 0. The molecule has 31 heavy (non-hydrogen) atoms. The van der Waals surface area contributed by atoms with E-state index in [9.17, 15) is 22.0 Å². The lowest BCUT2D eigenvalue weighted by Crippen LogP contribution is -2.38. The quantitative estimate of drug-likeness (QED) is 0.587. The molecule has 0 atom stereocenters. The van der Waals surface area contributed by atoms with Crippen molar-refractivity contribution in [1.29, 1.82) is 0 Å². The van der Waals surface area contributed by atoms with Gasteiger partial charge in [0.2, 0.25) is 15.9 Å². The van der Waals surface area contributed by atoms with Crippen LogP contribution in [0.3, 0.4) is 0 Å². The molecule has 0 spiro atoms. The molecule has 0 saturated carbocycles. The van der Waals surface area contributed by atoms with Crippen molar-refractivity contribution in [2.45, 2.75) is 25.3 Å². The molecule has 3 aromatic carbocycles. The van der Waals surface area contributed by atoms with Gasteiger partial charge in [0.15, 0.2) is 0 Å². The summed E-state index contributed by atoms with van der Waals surface area (Å²) in [5.41, 5.74) is 1.87. The molecular weight excluding hydrogens is 422 g/mol. The Balaban J connectivity index is 1.91. The van der Waals surface area contributed by atoms with E-state index in [2.05, 4.69) is 5.32 Å². The van der Waals surface area contributed by atoms with Crippen LogP contribution in [0.1, 0.15) is 16.7 Å². The molecule has 0 aliphatic carbocycles. The number of nitrogens with one attached hydrogen (secondary N) is 1. The highest BCUT2D eigenvalue weighted by atomic mass is 32.2. The molecule has 3 aromatic rings. The van der Waals surface area contributed by atoms with E-state index in [0.29, 0.717) is 5.56 Å². The summed E-state index contributed by atoms with van der Waals surface area (Å²) in [4.78, 5) is 12.7. The number of amides is 1. The van der Waals surface area contributed by atoms with Gasteiger partial charge in [0.1, 0.15) is 11.6 Å². The number of halogens is 2. The van der Waals surface area contributed by atoms with Crippen molar-refractivity contribution in [3.05, 3.63) is 95.1 Å². The first-order valence-electron chi connectivity index (χ1n) is 9.53. The second-order valence-corrected chi connectivity index (χ2v) is 9.12. The van der Waals surface area contributed by atoms with Gasteiger partial charge in [-0.15, -0.1) is 0 Å². The van der Waals surface area contributed by atoms with E-state index in [4.69, 9.17) is 0 Å². The Labute approximate surface area is 180 Å². The Morgan fingerprint density at radius 1 is 0.968 bits per heavy atom. The van der Waals surface area contributed by atoms with Crippen LogP contribution in [0.15, 0.2) is 71.6 Å². The summed E-state index contributed by atoms with van der Waals surface area (Å²) in [6.45, 7) is 2.61. The third-order valence-corrected chi connectivity index (χ3v) is 6.56. The molecule has 0 heterocycles. The molecule has 5 nitrogen and oxygen atoms in total. The van der Waals surface area contributed by atoms with Crippen LogP contribution in [-0.2, 0) is 21.4 Å². The van der Waals surface area contributed by atoms with Gasteiger partial charge in [0.05, 0.1) is 11.4 Å². The molecule has 0 bridgehead atoms. The van der Waals surface area contributed by atoms with Gasteiger partial charge in [-0.3, -0.25) is 4.79 Å².